The number of amides is 5. The van der Waals surface area contributed by atoms with Crippen molar-refractivity contribution in [3.05, 3.63) is 83.6 Å². The average molecular weight is 971 g/mol. The fraction of sp³-hybridized carbons (Fsp3) is 0.408. The van der Waals surface area contributed by atoms with E-state index >= 15 is 0 Å². The molecular formula is C49H54N12O8S. The Morgan fingerprint density at radius 1 is 0.800 bits per heavy atom. The summed E-state index contributed by atoms with van der Waals surface area (Å²) < 4.78 is 32.7. The first kappa shape index (κ1) is 45.2. The molecule has 21 heteroatoms. The van der Waals surface area contributed by atoms with Crippen LogP contribution in [0.15, 0.2) is 66.9 Å². The number of nitrogens with zero attached hydrogens (tertiary/aromatic N) is 8. The lowest BCUT2D eigenvalue weighted by atomic mass is 10.0. The van der Waals surface area contributed by atoms with E-state index in [4.69, 9.17) is 14.7 Å². The minimum Gasteiger partial charge on any atom is -0.495 e. The second-order valence-electron chi connectivity index (χ2n) is 18.9. The van der Waals surface area contributed by atoms with Gasteiger partial charge in [0.15, 0.2) is 0 Å². The summed E-state index contributed by atoms with van der Waals surface area (Å²) in [6.07, 6.45) is 6.44. The third-order valence-electron chi connectivity index (χ3n) is 14.7. The van der Waals surface area contributed by atoms with Gasteiger partial charge in [0, 0.05) is 95.0 Å². The number of sulfonamides is 1. The molecule has 0 saturated carbocycles. The van der Waals surface area contributed by atoms with Gasteiger partial charge < -0.3 is 35.1 Å². The van der Waals surface area contributed by atoms with Crippen LogP contribution in [-0.2, 0) is 30.8 Å². The highest BCUT2D eigenvalue weighted by Gasteiger charge is 2.45. The molecule has 5 aromatic rings. The zero-order valence-corrected chi connectivity index (χ0v) is 39.8. The molecule has 4 N–H and O–H groups in total. The lowest BCUT2D eigenvalue weighted by molar-refractivity contribution is -0.137. The van der Waals surface area contributed by atoms with Crippen LogP contribution >= 0.6 is 0 Å². The van der Waals surface area contributed by atoms with Crippen LogP contribution in [0.2, 0.25) is 0 Å². The minimum absolute atomic E-state index is 0.0594. The van der Waals surface area contributed by atoms with Crippen LogP contribution in [0.1, 0.15) is 58.4 Å². The number of rotatable bonds is 11. The number of carbonyl (C=O) groups is 5. The van der Waals surface area contributed by atoms with Crippen LogP contribution in [0.4, 0.5) is 40.2 Å². The fourth-order valence-corrected chi connectivity index (χ4v) is 12.1. The SMILES string of the molecule is COc1cc(Nc2nc(Nc3cccc4c3N(S(C)(=O)=O)CC4)c3cc[nH]c3n2)ccc1N1CCC(N2CCN(C(=O)[C@H]3CCN(c4ccc5c(c4)C(=O)N(C4CCC(=O)NC4=O)C5=O)C3)CC2)CC1. The van der Waals surface area contributed by atoms with E-state index in [1.807, 2.05) is 41.3 Å². The summed E-state index contributed by atoms with van der Waals surface area (Å²) in [6.45, 7) is 6.18. The number of fused-ring (bicyclic) bond motifs is 3. The Hall–Kier alpha value is -7.26. The van der Waals surface area contributed by atoms with Crippen molar-refractivity contribution in [2.45, 2.75) is 50.6 Å². The van der Waals surface area contributed by atoms with Gasteiger partial charge in [-0.3, -0.25) is 43.4 Å². The Labute approximate surface area is 404 Å². The molecule has 11 rings (SSSR count). The molecule has 364 valence electrons. The fourth-order valence-electron chi connectivity index (χ4n) is 11.1. The highest BCUT2D eigenvalue weighted by atomic mass is 32.2. The van der Waals surface area contributed by atoms with Crippen LogP contribution in [0.3, 0.4) is 0 Å². The molecule has 70 heavy (non-hydrogen) atoms. The second kappa shape index (κ2) is 17.9. The molecule has 4 fully saturated rings. The first-order chi connectivity index (χ1) is 33.8. The molecule has 8 heterocycles. The van der Waals surface area contributed by atoms with Gasteiger partial charge in [0.25, 0.3) is 11.8 Å². The number of hydrogen-bond acceptors (Lipinski definition) is 15. The number of anilines is 7. The van der Waals surface area contributed by atoms with E-state index in [2.05, 4.69) is 41.7 Å². The third-order valence-corrected chi connectivity index (χ3v) is 15.9. The molecular weight excluding hydrogens is 917 g/mol. The molecule has 5 amide bonds. The smallest absolute Gasteiger partial charge is 0.262 e. The number of carbonyl (C=O) groups excluding carboxylic acids is 5. The Bertz CT molecular complexity index is 3070. The summed E-state index contributed by atoms with van der Waals surface area (Å²) in [6, 6.07) is 18.1. The van der Waals surface area contributed by atoms with Gasteiger partial charge in [0.2, 0.25) is 33.7 Å². The van der Waals surface area contributed by atoms with E-state index in [1.54, 1.807) is 31.5 Å². The van der Waals surface area contributed by atoms with Gasteiger partial charge >= 0.3 is 0 Å². The van der Waals surface area contributed by atoms with Crippen LogP contribution in [0.25, 0.3) is 11.0 Å². The number of piperazine rings is 1. The van der Waals surface area contributed by atoms with Gasteiger partial charge in [-0.05, 0) is 80.1 Å². The van der Waals surface area contributed by atoms with Gasteiger partial charge in [-0.1, -0.05) is 12.1 Å². The first-order valence-electron chi connectivity index (χ1n) is 23.9. The van der Waals surface area contributed by atoms with Crippen molar-refractivity contribution >= 4 is 90.8 Å². The van der Waals surface area contributed by atoms with Crippen molar-refractivity contribution < 1.29 is 37.1 Å². The molecule has 6 aliphatic heterocycles. The Morgan fingerprint density at radius 2 is 1.59 bits per heavy atom. The predicted octanol–water partition coefficient (Wildman–Crippen LogP) is 3.82. The van der Waals surface area contributed by atoms with Crippen molar-refractivity contribution in [3.63, 3.8) is 0 Å². The number of benzene rings is 3. The van der Waals surface area contributed by atoms with E-state index in [1.165, 1.54) is 10.6 Å². The van der Waals surface area contributed by atoms with Crippen LogP contribution in [0.5, 0.6) is 5.75 Å². The van der Waals surface area contributed by atoms with Crippen LogP contribution in [0, 0.1) is 5.92 Å². The standard InChI is InChI=1S/C49H54N12O8S/c1-69-40-26-31(51-49-54-43-35(12-17-50-43)44(55-49)52-37-5-3-4-29-14-21-60(42(29)37)70(2,67)68)6-9-38(40)57-19-15-32(16-20-57)56-22-24-58(25-23-56)46(64)30-13-18-59(28-30)33-7-8-34-36(27-33)48(66)61(47(34)65)39-10-11-41(62)53-45(39)63/h3-9,12,17,26-27,30,32,39H,10-11,13-16,18-25,28H2,1-2H3,(H,53,62,63)(H3,50,51,52,54,55)/t30-,39?/m0/s1. The second-order valence-corrected chi connectivity index (χ2v) is 20.8. The molecule has 1 unspecified atom stereocenters. The number of H-pyrrole nitrogens is 1. The molecule has 20 nitrogen and oxygen atoms in total. The number of aromatic nitrogens is 3. The number of ether oxygens (including phenoxy) is 1. The summed E-state index contributed by atoms with van der Waals surface area (Å²) in [4.78, 5) is 87.4. The van der Waals surface area contributed by atoms with Gasteiger partial charge in [-0.15, -0.1) is 0 Å². The summed E-state index contributed by atoms with van der Waals surface area (Å²) >= 11 is 0. The summed E-state index contributed by atoms with van der Waals surface area (Å²) in [7, 11) is -1.81. The molecule has 0 radical (unpaired) electrons. The molecule has 6 aliphatic rings. The Morgan fingerprint density at radius 3 is 2.36 bits per heavy atom. The highest BCUT2D eigenvalue weighted by Crippen LogP contribution is 2.40. The zero-order chi connectivity index (χ0) is 48.4. The maximum absolute atomic E-state index is 13.9. The molecule has 0 bridgehead atoms. The van der Waals surface area contributed by atoms with Gasteiger partial charge in [-0.25, -0.2) is 8.42 Å². The molecule has 0 spiro atoms. The number of methoxy groups -OCH3 is 1. The molecule has 3 aromatic carbocycles. The number of nitrogens with one attached hydrogen (secondary N) is 4. The maximum atomic E-state index is 13.9. The van der Waals surface area contributed by atoms with E-state index < -0.39 is 39.7 Å². The van der Waals surface area contributed by atoms with Crippen molar-refractivity contribution in [1.82, 2.24) is 35.0 Å². The summed E-state index contributed by atoms with van der Waals surface area (Å²) in [5, 5.41) is 9.75. The highest BCUT2D eigenvalue weighted by molar-refractivity contribution is 7.92. The molecule has 0 aliphatic carbocycles. The monoisotopic (exact) mass is 970 g/mol. The van der Waals surface area contributed by atoms with E-state index in [-0.39, 0.29) is 35.8 Å². The third kappa shape index (κ3) is 8.29. The number of imide groups is 2. The molecule has 2 atom stereocenters. The average Bonchev–Trinajstić information content (AvgIpc) is 4.19. The summed E-state index contributed by atoms with van der Waals surface area (Å²) in [5.41, 5.74) is 5.81. The number of hydrogen-bond donors (Lipinski definition) is 4. The normalized spacial score (nSPS) is 21.1. The number of aromatic amines is 1. The quantitative estimate of drug-likeness (QED) is 0.138. The van der Waals surface area contributed by atoms with Crippen LogP contribution in [-0.4, -0.2) is 152 Å². The van der Waals surface area contributed by atoms with Gasteiger partial charge in [0.1, 0.15) is 23.3 Å². The zero-order valence-electron chi connectivity index (χ0n) is 38.9. The van der Waals surface area contributed by atoms with Crippen molar-refractivity contribution in [2.24, 2.45) is 5.92 Å². The number of piperidine rings is 2. The van der Waals surface area contributed by atoms with E-state index in [0.717, 1.165) is 77.7 Å². The molecule has 4 saturated heterocycles. The van der Waals surface area contributed by atoms with Gasteiger partial charge in [0.05, 0.1) is 52.9 Å². The minimum atomic E-state index is -3.47. The summed E-state index contributed by atoms with van der Waals surface area (Å²) in [5.74, 6) is -0.580. The van der Waals surface area contributed by atoms with Crippen LogP contribution < -0.4 is 34.8 Å². The van der Waals surface area contributed by atoms with E-state index in [0.29, 0.717) is 80.4 Å². The van der Waals surface area contributed by atoms with Crippen molar-refractivity contribution in [1.29, 1.82) is 0 Å². The largest absolute Gasteiger partial charge is 0.495 e. The number of para-hydroxylation sites is 1. The van der Waals surface area contributed by atoms with Gasteiger partial charge in [-0.2, -0.15) is 9.97 Å². The van der Waals surface area contributed by atoms with E-state index in [9.17, 15) is 32.4 Å². The predicted molar refractivity (Wildman–Crippen MR) is 263 cm³/mol. The van der Waals surface area contributed by atoms with Crippen molar-refractivity contribution in [2.75, 3.05) is 97.0 Å². The lowest BCUT2D eigenvalue weighted by Gasteiger charge is -2.43. The Balaban J connectivity index is 0.677. The van der Waals surface area contributed by atoms with Crippen molar-refractivity contribution in [3.8, 4) is 5.75 Å². The maximum Gasteiger partial charge on any atom is 0.262 e. The topological polar surface area (TPSA) is 226 Å². The lowest BCUT2D eigenvalue weighted by Crippen LogP contribution is -2.55. The first-order valence-corrected chi connectivity index (χ1v) is 25.7. The molecule has 2 aromatic heterocycles. The Kier molecular flexibility index (Phi) is 11.6.